The number of hydrogen-bond donors (Lipinski definition) is 2. The van der Waals surface area contributed by atoms with E-state index in [0.29, 0.717) is 12.8 Å². The average Bonchev–Trinajstić information content (AvgIpc) is 2.29. The summed E-state index contributed by atoms with van der Waals surface area (Å²) in [5.74, 6) is -0.186. The van der Waals surface area contributed by atoms with E-state index in [1.54, 1.807) is 18.2 Å². The molecule has 1 aliphatic rings. The Bertz CT molecular complexity index is 356. The Morgan fingerprint density at radius 1 is 1.29 bits per heavy atom. The third-order valence-corrected chi connectivity index (χ3v) is 2.87. The minimum absolute atomic E-state index is 0. The number of para-hydroxylation sites is 1. The molecule has 0 unspecified atom stereocenters. The summed E-state index contributed by atoms with van der Waals surface area (Å²) in [6, 6.07) is 6.24. The van der Waals surface area contributed by atoms with E-state index in [-0.39, 0.29) is 30.6 Å². The molecule has 0 radical (unpaired) electrons. The number of hydrogen-bond acceptors (Lipinski definition) is 3. The molecule has 0 bridgehead atoms. The minimum atomic E-state index is -0.826. The number of aliphatic hydroxyl groups is 1. The molecule has 2 N–H and O–H groups in total. The molecule has 5 heteroatoms. The largest absolute Gasteiger partial charge is 0.488 e. The lowest BCUT2D eigenvalue weighted by Gasteiger charge is -2.32. The lowest BCUT2D eigenvalue weighted by Crippen LogP contribution is -2.46. The molecule has 0 atom stereocenters. The molecule has 96 valence electrons. The first kappa shape index (κ1) is 14.2. The third kappa shape index (κ3) is 3.84. The highest BCUT2D eigenvalue weighted by atomic mass is 35.5. The summed E-state index contributed by atoms with van der Waals surface area (Å²) in [7, 11) is 0. The Labute approximate surface area is 106 Å². The first-order valence-electron chi connectivity index (χ1n) is 5.50. The van der Waals surface area contributed by atoms with Crippen LogP contribution in [-0.4, -0.2) is 30.4 Å². The first-order chi connectivity index (χ1) is 7.70. The quantitative estimate of drug-likeness (QED) is 0.871. The van der Waals surface area contributed by atoms with E-state index in [0.717, 1.165) is 13.1 Å². The van der Waals surface area contributed by atoms with Gasteiger partial charge in [0.25, 0.3) is 0 Å². The summed E-state index contributed by atoms with van der Waals surface area (Å²) in [4.78, 5) is 0. The standard InChI is InChI=1S/C12H16FNO2.ClH/c13-10-3-1-2-4-11(10)16-9-12(15)5-7-14-8-6-12;/h1-4,14-15H,5-9H2;1H. The maximum atomic E-state index is 13.2. The molecular weight excluding hydrogens is 245 g/mol. The normalized spacial score (nSPS) is 18.2. The van der Waals surface area contributed by atoms with Crippen molar-refractivity contribution in [2.45, 2.75) is 18.4 Å². The fourth-order valence-electron chi connectivity index (χ4n) is 1.81. The van der Waals surface area contributed by atoms with Gasteiger partial charge < -0.3 is 15.2 Å². The van der Waals surface area contributed by atoms with Gasteiger partial charge in [-0.05, 0) is 38.1 Å². The van der Waals surface area contributed by atoms with Gasteiger partial charge in [0.2, 0.25) is 0 Å². The molecule has 17 heavy (non-hydrogen) atoms. The van der Waals surface area contributed by atoms with Gasteiger partial charge in [0.15, 0.2) is 11.6 Å². The van der Waals surface area contributed by atoms with Crippen LogP contribution < -0.4 is 10.1 Å². The Morgan fingerprint density at radius 3 is 2.59 bits per heavy atom. The van der Waals surface area contributed by atoms with Crippen LogP contribution in [0.15, 0.2) is 24.3 Å². The highest BCUT2D eigenvalue weighted by Crippen LogP contribution is 2.22. The maximum absolute atomic E-state index is 13.2. The summed E-state index contributed by atoms with van der Waals surface area (Å²) in [5.41, 5.74) is -0.826. The highest BCUT2D eigenvalue weighted by molar-refractivity contribution is 5.85. The Balaban J connectivity index is 0.00000144. The Morgan fingerprint density at radius 2 is 1.94 bits per heavy atom. The minimum Gasteiger partial charge on any atom is -0.488 e. The molecule has 1 saturated heterocycles. The Kier molecular flexibility index (Phi) is 5.18. The van der Waals surface area contributed by atoms with Crippen molar-refractivity contribution in [2.24, 2.45) is 0 Å². The summed E-state index contributed by atoms with van der Waals surface area (Å²) in [6.45, 7) is 1.70. The molecule has 3 nitrogen and oxygen atoms in total. The third-order valence-electron chi connectivity index (χ3n) is 2.87. The zero-order chi connectivity index (χ0) is 11.4. The van der Waals surface area contributed by atoms with Gasteiger partial charge in [0.1, 0.15) is 12.2 Å². The molecule has 0 amide bonds. The molecular formula is C12H17ClFNO2. The van der Waals surface area contributed by atoms with Crippen LogP contribution in [0, 0.1) is 5.82 Å². The second-order valence-electron chi connectivity index (χ2n) is 4.19. The summed E-state index contributed by atoms with van der Waals surface area (Å²) >= 11 is 0. The zero-order valence-electron chi connectivity index (χ0n) is 9.49. The Hall–Kier alpha value is -0.840. The van der Waals surface area contributed by atoms with Gasteiger partial charge in [-0.2, -0.15) is 0 Å². The first-order valence-corrected chi connectivity index (χ1v) is 5.50. The fraction of sp³-hybridized carbons (Fsp3) is 0.500. The highest BCUT2D eigenvalue weighted by Gasteiger charge is 2.30. The van der Waals surface area contributed by atoms with Crippen LogP contribution in [0.1, 0.15) is 12.8 Å². The lowest BCUT2D eigenvalue weighted by molar-refractivity contribution is -0.0294. The molecule has 1 heterocycles. The van der Waals surface area contributed by atoms with Gasteiger partial charge in [-0.3, -0.25) is 0 Å². The van der Waals surface area contributed by atoms with Crippen molar-refractivity contribution in [1.29, 1.82) is 0 Å². The van der Waals surface area contributed by atoms with Crippen LogP contribution in [-0.2, 0) is 0 Å². The van der Waals surface area contributed by atoms with Gasteiger partial charge in [-0.1, -0.05) is 12.1 Å². The van der Waals surface area contributed by atoms with Crippen molar-refractivity contribution < 1.29 is 14.2 Å². The van der Waals surface area contributed by atoms with Crippen molar-refractivity contribution in [3.8, 4) is 5.75 Å². The monoisotopic (exact) mass is 261 g/mol. The van der Waals surface area contributed by atoms with E-state index < -0.39 is 5.60 Å². The smallest absolute Gasteiger partial charge is 0.165 e. The van der Waals surface area contributed by atoms with E-state index in [9.17, 15) is 9.50 Å². The van der Waals surface area contributed by atoms with E-state index >= 15 is 0 Å². The SMILES string of the molecule is Cl.OC1(COc2ccccc2F)CCNCC1. The van der Waals surface area contributed by atoms with Crippen LogP contribution in [0.5, 0.6) is 5.75 Å². The maximum Gasteiger partial charge on any atom is 0.165 e. The molecule has 1 aromatic rings. The molecule has 1 aromatic carbocycles. The predicted molar refractivity (Wildman–Crippen MR) is 66.2 cm³/mol. The van der Waals surface area contributed by atoms with E-state index in [4.69, 9.17) is 4.74 Å². The topological polar surface area (TPSA) is 41.5 Å². The van der Waals surface area contributed by atoms with Gasteiger partial charge in [-0.15, -0.1) is 12.4 Å². The number of rotatable bonds is 3. The van der Waals surface area contributed by atoms with Gasteiger partial charge in [-0.25, -0.2) is 4.39 Å². The number of ether oxygens (including phenoxy) is 1. The van der Waals surface area contributed by atoms with E-state index in [1.165, 1.54) is 6.07 Å². The fourth-order valence-corrected chi connectivity index (χ4v) is 1.81. The van der Waals surface area contributed by atoms with Crippen LogP contribution in [0.25, 0.3) is 0 Å². The van der Waals surface area contributed by atoms with Crippen molar-refractivity contribution in [1.82, 2.24) is 5.32 Å². The van der Waals surface area contributed by atoms with Crippen molar-refractivity contribution in [3.05, 3.63) is 30.1 Å². The number of piperidine rings is 1. The molecule has 1 fully saturated rings. The summed E-state index contributed by atoms with van der Waals surface area (Å²) in [6.07, 6.45) is 1.28. The molecule has 0 aliphatic carbocycles. The van der Waals surface area contributed by atoms with E-state index in [2.05, 4.69) is 5.32 Å². The number of halogens is 2. The molecule has 2 rings (SSSR count). The average molecular weight is 262 g/mol. The molecule has 0 aromatic heterocycles. The number of nitrogens with one attached hydrogen (secondary N) is 1. The van der Waals surface area contributed by atoms with Gasteiger partial charge >= 0.3 is 0 Å². The van der Waals surface area contributed by atoms with Crippen molar-refractivity contribution in [3.63, 3.8) is 0 Å². The molecule has 0 saturated carbocycles. The van der Waals surface area contributed by atoms with Crippen LogP contribution in [0.3, 0.4) is 0 Å². The lowest BCUT2D eigenvalue weighted by atomic mass is 9.93. The molecule has 1 aliphatic heterocycles. The predicted octanol–water partition coefficient (Wildman–Crippen LogP) is 1.74. The van der Waals surface area contributed by atoms with Crippen LogP contribution >= 0.6 is 12.4 Å². The van der Waals surface area contributed by atoms with Crippen molar-refractivity contribution >= 4 is 12.4 Å². The van der Waals surface area contributed by atoms with E-state index in [1.807, 2.05) is 0 Å². The van der Waals surface area contributed by atoms with Crippen LogP contribution in [0.2, 0.25) is 0 Å². The second-order valence-corrected chi connectivity index (χ2v) is 4.19. The van der Waals surface area contributed by atoms with Crippen LogP contribution in [0.4, 0.5) is 4.39 Å². The summed E-state index contributed by atoms with van der Waals surface area (Å²) < 4.78 is 18.6. The zero-order valence-corrected chi connectivity index (χ0v) is 10.3. The summed E-state index contributed by atoms with van der Waals surface area (Å²) in [5, 5.41) is 13.3. The van der Waals surface area contributed by atoms with Gasteiger partial charge in [0.05, 0.1) is 0 Å². The van der Waals surface area contributed by atoms with Gasteiger partial charge in [0, 0.05) is 0 Å². The number of benzene rings is 1. The second kappa shape index (κ2) is 6.19. The van der Waals surface area contributed by atoms with Crippen molar-refractivity contribution in [2.75, 3.05) is 19.7 Å². The molecule has 0 spiro atoms.